The van der Waals surface area contributed by atoms with Crippen LogP contribution in [0.3, 0.4) is 0 Å². The number of carbonyl (C=O) groups is 3. The minimum atomic E-state index is -0.637. The third-order valence-electron chi connectivity index (χ3n) is 6.75. The molecule has 3 aromatic carbocycles. The van der Waals surface area contributed by atoms with Gasteiger partial charge in [0.15, 0.2) is 6.10 Å². The Labute approximate surface area is 265 Å². The summed E-state index contributed by atoms with van der Waals surface area (Å²) in [5, 5.41) is 6.71. The van der Waals surface area contributed by atoms with E-state index < -0.39 is 12.0 Å². The largest absolute Gasteiger partial charge is 0.487 e. The molecule has 9 nitrogen and oxygen atoms in total. The predicted molar refractivity (Wildman–Crippen MR) is 173 cm³/mol. The van der Waals surface area contributed by atoms with Crippen molar-refractivity contribution in [2.24, 2.45) is 0 Å². The maximum atomic E-state index is 12.9. The normalized spacial score (nSPS) is 11.7. The Morgan fingerprint density at radius 1 is 1.02 bits per heavy atom. The lowest BCUT2D eigenvalue weighted by Crippen LogP contribution is -2.37. The number of fused-ring (bicyclic) bond motifs is 1. The molecule has 3 amide bonds. The molecule has 0 fully saturated rings. The summed E-state index contributed by atoms with van der Waals surface area (Å²) in [7, 11) is 3.11. The molecule has 0 saturated heterocycles. The number of rotatable bonds is 11. The molecule has 0 saturated carbocycles. The van der Waals surface area contributed by atoms with Crippen LogP contribution in [0.2, 0.25) is 10.0 Å². The summed E-state index contributed by atoms with van der Waals surface area (Å²) < 4.78 is 11.6. The van der Waals surface area contributed by atoms with Crippen molar-refractivity contribution in [1.29, 1.82) is 0 Å². The summed E-state index contributed by atoms with van der Waals surface area (Å²) >= 11 is 13.2. The van der Waals surface area contributed by atoms with Crippen molar-refractivity contribution < 1.29 is 23.9 Å². The Morgan fingerprint density at radius 2 is 1.77 bits per heavy atom. The van der Waals surface area contributed by atoms with Crippen molar-refractivity contribution in [3.63, 3.8) is 0 Å². The van der Waals surface area contributed by atoms with E-state index in [0.29, 0.717) is 27.8 Å². The Morgan fingerprint density at radius 3 is 2.50 bits per heavy atom. The van der Waals surface area contributed by atoms with Gasteiger partial charge in [-0.1, -0.05) is 53.5 Å². The second-order valence-corrected chi connectivity index (χ2v) is 10.7. The van der Waals surface area contributed by atoms with Gasteiger partial charge in [-0.25, -0.2) is 4.98 Å². The number of ether oxygens (including phenoxy) is 2. The van der Waals surface area contributed by atoms with Gasteiger partial charge in [0.05, 0.1) is 17.3 Å². The predicted octanol–water partition coefficient (Wildman–Crippen LogP) is 5.73. The van der Waals surface area contributed by atoms with Crippen LogP contribution < -0.4 is 25.0 Å². The minimum absolute atomic E-state index is 0.0595. The topological polar surface area (TPSA) is 110 Å². The van der Waals surface area contributed by atoms with Crippen LogP contribution in [0.5, 0.6) is 11.5 Å². The lowest BCUT2D eigenvalue weighted by molar-refractivity contribution is -0.126. The van der Waals surface area contributed by atoms with Gasteiger partial charge in [-0.3, -0.25) is 14.4 Å². The highest BCUT2D eigenvalue weighted by Gasteiger charge is 2.19. The number of carbonyl (C=O) groups excluding carboxylic acids is 3. The molecule has 0 radical (unpaired) electrons. The van der Waals surface area contributed by atoms with Gasteiger partial charge in [-0.05, 0) is 61.9 Å². The van der Waals surface area contributed by atoms with Gasteiger partial charge in [0.2, 0.25) is 11.8 Å². The average Bonchev–Trinajstić information content (AvgIpc) is 3.02. The summed E-state index contributed by atoms with van der Waals surface area (Å²) in [5.74, 6) is 0.0404. The van der Waals surface area contributed by atoms with Crippen molar-refractivity contribution in [3.8, 4) is 11.5 Å². The van der Waals surface area contributed by atoms with Crippen molar-refractivity contribution in [2.75, 3.05) is 25.5 Å². The number of nitrogens with one attached hydrogen (secondary N) is 2. The summed E-state index contributed by atoms with van der Waals surface area (Å²) in [6.07, 6.45) is 2.29. The third-order valence-corrected chi connectivity index (χ3v) is 7.52. The molecule has 11 heteroatoms. The number of hydrogen-bond acceptors (Lipinski definition) is 6. The minimum Gasteiger partial charge on any atom is -0.487 e. The number of halogens is 2. The molecule has 4 aromatic rings. The first-order valence-corrected chi connectivity index (χ1v) is 14.5. The fourth-order valence-electron chi connectivity index (χ4n) is 4.23. The van der Waals surface area contributed by atoms with E-state index in [9.17, 15) is 14.4 Å². The van der Waals surface area contributed by atoms with E-state index in [2.05, 4.69) is 15.6 Å². The quantitative estimate of drug-likeness (QED) is 0.204. The number of hydrogen-bond donors (Lipinski definition) is 2. The van der Waals surface area contributed by atoms with E-state index >= 15 is 0 Å². The molecule has 0 bridgehead atoms. The van der Waals surface area contributed by atoms with E-state index in [4.69, 9.17) is 32.7 Å². The van der Waals surface area contributed by atoms with Crippen LogP contribution in [-0.2, 0) is 21.0 Å². The number of likely N-dealkylation sites (N-methyl/N-ethyl adjacent to an activating group) is 2. The monoisotopic (exact) mass is 634 g/mol. The third kappa shape index (κ3) is 8.06. The van der Waals surface area contributed by atoms with E-state index in [1.807, 2.05) is 37.3 Å². The van der Waals surface area contributed by atoms with Crippen LogP contribution in [0, 0.1) is 6.92 Å². The van der Waals surface area contributed by atoms with Gasteiger partial charge in [-0.15, -0.1) is 0 Å². The molecule has 0 aliphatic heterocycles. The molecule has 4 rings (SSSR count). The first kappa shape index (κ1) is 32.3. The van der Waals surface area contributed by atoms with Crippen molar-refractivity contribution in [2.45, 2.75) is 26.6 Å². The molecule has 2 N–H and O–H groups in total. The molecule has 1 heterocycles. The van der Waals surface area contributed by atoms with Crippen LogP contribution in [0.4, 0.5) is 5.69 Å². The Hall–Kier alpha value is -4.60. The molecule has 0 aliphatic rings. The highest BCUT2D eigenvalue weighted by atomic mass is 35.5. The summed E-state index contributed by atoms with van der Waals surface area (Å²) in [6, 6.07) is 19.7. The van der Waals surface area contributed by atoms with Crippen LogP contribution >= 0.6 is 23.2 Å². The number of nitrogens with zero attached hydrogens (tertiary/aromatic N) is 2. The maximum absolute atomic E-state index is 12.9. The Kier molecular flexibility index (Phi) is 10.8. The van der Waals surface area contributed by atoms with E-state index in [0.717, 1.165) is 22.2 Å². The SMILES string of the molecule is CNC(=O)C(C)Oc1ccc(/C=C/C(=O)NCC(=O)N(C)c2ccc(Cl)c(COc3cccc4ccc(C)nc34)c2Cl)cc1. The van der Waals surface area contributed by atoms with Gasteiger partial charge in [-0.2, -0.15) is 0 Å². The van der Waals surface area contributed by atoms with Crippen LogP contribution in [-0.4, -0.2) is 49.4 Å². The molecule has 1 aromatic heterocycles. The van der Waals surface area contributed by atoms with Crippen LogP contribution in [0.25, 0.3) is 17.0 Å². The second-order valence-electron chi connectivity index (χ2n) is 9.88. The highest BCUT2D eigenvalue weighted by molar-refractivity contribution is 6.38. The first-order valence-electron chi connectivity index (χ1n) is 13.7. The smallest absolute Gasteiger partial charge is 0.260 e. The first-order chi connectivity index (χ1) is 21.1. The fourth-order valence-corrected chi connectivity index (χ4v) is 4.83. The number of anilines is 1. The van der Waals surface area contributed by atoms with Gasteiger partial charge in [0.1, 0.15) is 23.6 Å². The van der Waals surface area contributed by atoms with Crippen molar-refractivity contribution >= 4 is 63.6 Å². The molecule has 0 spiro atoms. The van der Waals surface area contributed by atoms with Gasteiger partial charge in [0.25, 0.3) is 5.91 Å². The van der Waals surface area contributed by atoms with Crippen molar-refractivity contribution in [1.82, 2.24) is 15.6 Å². The number of aryl methyl sites for hydroxylation is 1. The number of amides is 3. The molecular weight excluding hydrogens is 603 g/mol. The van der Waals surface area contributed by atoms with Crippen LogP contribution in [0.1, 0.15) is 23.7 Å². The lowest BCUT2D eigenvalue weighted by atomic mass is 10.1. The van der Waals surface area contributed by atoms with Gasteiger partial charge < -0.3 is 25.0 Å². The number of pyridine rings is 1. The maximum Gasteiger partial charge on any atom is 0.260 e. The number of aromatic nitrogens is 1. The highest BCUT2D eigenvalue weighted by Crippen LogP contribution is 2.35. The fraction of sp³-hybridized carbons (Fsp3) is 0.212. The number of para-hydroxylation sites is 1. The van der Waals surface area contributed by atoms with Gasteiger partial charge >= 0.3 is 0 Å². The molecule has 228 valence electrons. The molecular formula is C33H32Cl2N4O5. The molecule has 1 unspecified atom stereocenters. The molecule has 1 atom stereocenters. The van der Waals surface area contributed by atoms with E-state index in [1.54, 1.807) is 63.5 Å². The molecule has 44 heavy (non-hydrogen) atoms. The van der Waals surface area contributed by atoms with E-state index in [1.165, 1.54) is 11.0 Å². The summed E-state index contributed by atoms with van der Waals surface area (Å²) in [4.78, 5) is 42.9. The Bertz CT molecular complexity index is 1710. The zero-order valence-corrected chi connectivity index (χ0v) is 26.2. The standard InChI is InChI=1S/C33H32Cl2N4O5/c1-20-8-12-23-6-5-7-28(32(23)38-20)43-19-25-26(34)15-16-27(31(25)35)39(4)30(41)18-37-29(40)17-11-22-9-13-24(14-10-22)44-21(2)33(42)36-3/h5-17,21H,18-19H2,1-4H3,(H,36,42)(H,37,40)/b17-11+. The van der Waals surface area contributed by atoms with Gasteiger partial charge in [0, 0.05) is 41.8 Å². The van der Waals surface area contributed by atoms with Crippen LogP contribution in [0.15, 0.2) is 72.8 Å². The lowest BCUT2D eigenvalue weighted by Gasteiger charge is -2.21. The average molecular weight is 636 g/mol. The Balaban J connectivity index is 1.35. The molecule has 0 aliphatic carbocycles. The van der Waals surface area contributed by atoms with E-state index in [-0.39, 0.29) is 30.0 Å². The zero-order valence-electron chi connectivity index (χ0n) is 24.7. The number of benzene rings is 3. The summed E-state index contributed by atoms with van der Waals surface area (Å²) in [6.45, 7) is 3.36. The summed E-state index contributed by atoms with van der Waals surface area (Å²) in [5.41, 5.74) is 3.27. The zero-order chi connectivity index (χ0) is 31.8. The van der Waals surface area contributed by atoms with Crippen molar-refractivity contribution in [3.05, 3.63) is 99.7 Å². The second kappa shape index (κ2) is 14.7.